The molecule has 0 fully saturated rings. The molecular formula is C24H29N3O3. The molecule has 0 aliphatic heterocycles. The number of hydrogen-bond acceptors (Lipinski definition) is 4. The lowest BCUT2D eigenvalue weighted by atomic mass is 10.1. The van der Waals surface area contributed by atoms with Gasteiger partial charge in [0.25, 0.3) is 5.91 Å². The Morgan fingerprint density at radius 1 is 0.967 bits per heavy atom. The monoisotopic (exact) mass is 407 g/mol. The van der Waals surface area contributed by atoms with Gasteiger partial charge in [-0.1, -0.05) is 44.2 Å². The van der Waals surface area contributed by atoms with E-state index in [2.05, 4.69) is 29.4 Å². The van der Waals surface area contributed by atoms with Crippen LogP contribution in [0.4, 0.5) is 0 Å². The Hall–Kier alpha value is -3.12. The Kier molecular flexibility index (Phi) is 7.63. The Balaban J connectivity index is 1.48. The zero-order valence-corrected chi connectivity index (χ0v) is 17.6. The molecule has 0 aliphatic rings. The molecule has 6 heteroatoms. The van der Waals surface area contributed by atoms with E-state index in [4.69, 9.17) is 4.42 Å². The Morgan fingerprint density at radius 2 is 1.73 bits per heavy atom. The largest absolute Gasteiger partial charge is 0.468 e. The third kappa shape index (κ3) is 5.48. The fourth-order valence-electron chi connectivity index (χ4n) is 3.58. The summed E-state index contributed by atoms with van der Waals surface area (Å²) in [7, 11) is 0. The van der Waals surface area contributed by atoms with Crippen LogP contribution in [0.3, 0.4) is 0 Å². The van der Waals surface area contributed by atoms with Crippen LogP contribution in [0.2, 0.25) is 0 Å². The van der Waals surface area contributed by atoms with E-state index in [-0.39, 0.29) is 30.8 Å². The van der Waals surface area contributed by atoms with Gasteiger partial charge in [0.15, 0.2) is 0 Å². The SMILES string of the molecule is CCN(CC)C(CNC(=O)CCNC(=O)c1ccc2ccccc2c1)c1ccco1. The van der Waals surface area contributed by atoms with Crippen molar-refractivity contribution in [3.63, 3.8) is 0 Å². The van der Waals surface area contributed by atoms with Gasteiger partial charge in [-0.05, 0) is 48.1 Å². The minimum absolute atomic E-state index is 0.00820. The summed E-state index contributed by atoms with van der Waals surface area (Å²) in [6.07, 6.45) is 1.87. The molecule has 3 aromatic rings. The molecule has 0 spiro atoms. The van der Waals surface area contributed by atoms with Crippen molar-refractivity contribution in [2.45, 2.75) is 26.3 Å². The van der Waals surface area contributed by atoms with Crippen molar-refractivity contribution in [2.75, 3.05) is 26.2 Å². The van der Waals surface area contributed by atoms with Gasteiger partial charge in [-0.3, -0.25) is 14.5 Å². The number of carbonyl (C=O) groups is 2. The van der Waals surface area contributed by atoms with Crippen molar-refractivity contribution in [2.24, 2.45) is 0 Å². The minimum atomic E-state index is -0.176. The van der Waals surface area contributed by atoms with Gasteiger partial charge in [-0.25, -0.2) is 0 Å². The van der Waals surface area contributed by atoms with Crippen LogP contribution in [0.1, 0.15) is 42.4 Å². The van der Waals surface area contributed by atoms with E-state index in [1.54, 1.807) is 12.3 Å². The van der Waals surface area contributed by atoms with Crippen LogP contribution in [-0.2, 0) is 4.79 Å². The van der Waals surface area contributed by atoms with E-state index in [1.165, 1.54) is 0 Å². The number of likely N-dealkylation sites (N-methyl/N-ethyl adjacent to an activating group) is 1. The molecule has 1 heterocycles. The zero-order chi connectivity index (χ0) is 21.3. The second-order valence-electron chi connectivity index (χ2n) is 7.12. The summed E-state index contributed by atoms with van der Waals surface area (Å²) < 4.78 is 5.55. The van der Waals surface area contributed by atoms with Gasteiger partial charge in [0, 0.05) is 25.1 Å². The molecule has 1 aromatic heterocycles. The first-order valence-electron chi connectivity index (χ1n) is 10.4. The normalized spacial score (nSPS) is 12.1. The minimum Gasteiger partial charge on any atom is -0.468 e. The maximum absolute atomic E-state index is 12.4. The number of hydrogen-bond donors (Lipinski definition) is 2. The molecule has 1 unspecified atom stereocenters. The molecule has 30 heavy (non-hydrogen) atoms. The van der Waals surface area contributed by atoms with Gasteiger partial charge in [-0.15, -0.1) is 0 Å². The molecule has 2 aromatic carbocycles. The molecule has 0 aliphatic carbocycles. The van der Waals surface area contributed by atoms with Crippen LogP contribution in [0.5, 0.6) is 0 Å². The quantitative estimate of drug-likeness (QED) is 0.537. The van der Waals surface area contributed by atoms with E-state index in [0.29, 0.717) is 12.1 Å². The molecule has 1 atom stereocenters. The summed E-state index contributed by atoms with van der Waals surface area (Å²) in [4.78, 5) is 26.9. The molecule has 0 saturated carbocycles. The smallest absolute Gasteiger partial charge is 0.251 e. The molecule has 0 radical (unpaired) electrons. The molecule has 6 nitrogen and oxygen atoms in total. The highest BCUT2D eigenvalue weighted by atomic mass is 16.3. The summed E-state index contributed by atoms with van der Waals surface area (Å²) in [5, 5.41) is 7.90. The molecule has 0 saturated heterocycles. The number of rotatable bonds is 10. The van der Waals surface area contributed by atoms with Gasteiger partial charge in [0.05, 0.1) is 12.3 Å². The molecule has 2 N–H and O–H groups in total. The van der Waals surface area contributed by atoms with E-state index in [9.17, 15) is 9.59 Å². The Bertz CT molecular complexity index is 965. The molecule has 3 rings (SSSR count). The summed E-state index contributed by atoms with van der Waals surface area (Å²) in [6, 6.07) is 17.3. The fourth-order valence-corrected chi connectivity index (χ4v) is 3.58. The van der Waals surface area contributed by atoms with Crippen molar-refractivity contribution in [3.8, 4) is 0 Å². The third-order valence-corrected chi connectivity index (χ3v) is 5.27. The number of nitrogens with one attached hydrogen (secondary N) is 2. The van der Waals surface area contributed by atoms with Gasteiger partial charge < -0.3 is 15.1 Å². The summed E-state index contributed by atoms with van der Waals surface area (Å²) in [6.45, 7) is 6.65. The second-order valence-corrected chi connectivity index (χ2v) is 7.12. The third-order valence-electron chi connectivity index (χ3n) is 5.27. The van der Waals surface area contributed by atoms with Gasteiger partial charge >= 0.3 is 0 Å². The average Bonchev–Trinajstić information content (AvgIpc) is 3.30. The molecule has 0 bridgehead atoms. The first-order chi connectivity index (χ1) is 14.6. The second kappa shape index (κ2) is 10.6. The predicted octanol–water partition coefficient (Wildman–Crippen LogP) is 3.75. The standard InChI is InChI=1S/C24H29N3O3/c1-3-27(4-2)21(22-10-7-15-30-22)17-26-23(28)13-14-25-24(29)20-12-11-18-8-5-6-9-19(18)16-20/h5-12,15-16,21H,3-4,13-14,17H2,1-2H3,(H,25,29)(H,26,28). The number of furan rings is 1. The topological polar surface area (TPSA) is 74.6 Å². The lowest BCUT2D eigenvalue weighted by Gasteiger charge is -2.28. The van der Waals surface area contributed by atoms with E-state index >= 15 is 0 Å². The van der Waals surface area contributed by atoms with Crippen molar-refractivity contribution in [1.82, 2.24) is 15.5 Å². The highest BCUT2D eigenvalue weighted by Crippen LogP contribution is 2.20. The summed E-state index contributed by atoms with van der Waals surface area (Å²) >= 11 is 0. The number of amides is 2. The fraction of sp³-hybridized carbons (Fsp3) is 0.333. The first-order valence-corrected chi connectivity index (χ1v) is 10.4. The summed E-state index contributed by atoms with van der Waals surface area (Å²) in [5.74, 6) is 0.561. The zero-order valence-electron chi connectivity index (χ0n) is 17.6. The Labute approximate surface area is 177 Å². The van der Waals surface area contributed by atoms with Crippen LogP contribution in [0.25, 0.3) is 10.8 Å². The van der Waals surface area contributed by atoms with Gasteiger partial charge in [0.2, 0.25) is 5.91 Å². The number of benzene rings is 2. The van der Waals surface area contributed by atoms with Gasteiger partial charge in [0.1, 0.15) is 5.76 Å². The molecule has 2 amide bonds. The lowest BCUT2D eigenvalue weighted by Crippen LogP contribution is -2.39. The lowest BCUT2D eigenvalue weighted by molar-refractivity contribution is -0.121. The van der Waals surface area contributed by atoms with Crippen LogP contribution in [-0.4, -0.2) is 42.9 Å². The van der Waals surface area contributed by atoms with E-state index in [0.717, 1.165) is 29.6 Å². The van der Waals surface area contributed by atoms with Crippen molar-refractivity contribution >= 4 is 22.6 Å². The first kappa shape index (κ1) is 21.6. The summed E-state index contributed by atoms with van der Waals surface area (Å²) in [5.41, 5.74) is 0.591. The van der Waals surface area contributed by atoms with Gasteiger partial charge in [-0.2, -0.15) is 0 Å². The van der Waals surface area contributed by atoms with E-state index < -0.39 is 0 Å². The Morgan fingerprint density at radius 3 is 2.43 bits per heavy atom. The van der Waals surface area contributed by atoms with E-state index in [1.807, 2.05) is 48.5 Å². The molecule has 158 valence electrons. The van der Waals surface area contributed by atoms with Crippen LogP contribution < -0.4 is 10.6 Å². The number of carbonyl (C=O) groups excluding carboxylic acids is 2. The van der Waals surface area contributed by atoms with Crippen molar-refractivity contribution in [1.29, 1.82) is 0 Å². The highest BCUT2D eigenvalue weighted by Gasteiger charge is 2.21. The van der Waals surface area contributed by atoms with Crippen LogP contribution >= 0.6 is 0 Å². The maximum Gasteiger partial charge on any atom is 0.251 e. The van der Waals surface area contributed by atoms with Crippen LogP contribution in [0, 0.1) is 0 Å². The molecular weight excluding hydrogens is 378 g/mol. The average molecular weight is 408 g/mol. The highest BCUT2D eigenvalue weighted by molar-refractivity contribution is 5.98. The van der Waals surface area contributed by atoms with Crippen LogP contribution in [0.15, 0.2) is 65.3 Å². The number of nitrogens with zero attached hydrogens (tertiary/aromatic N) is 1. The van der Waals surface area contributed by atoms with Crippen molar-refractivity contribution < 1.29 is 14.0 Å². The number of fused-ring (bicyclic) bond motifs is 1. The van der Waals surface area contributed by atoms with Crippen molar-refractivity contribution in [3.05, 3.63) is 72.2 Å². The maximum atomic E-state index is 12.4. The predicted molar refractivity (Wildman–Crippen MR) is 118 cm³/mol.